The van der Waals surface area contributed by atoms with Crippen molar-refractivity contribution in [2.45, 2.75) is 6.54 Å². The number of anilines is 1. The van der Waals surface area contributed by atoms with Gasteiger partial charge in [-0.15, -0.1) is 0 Å². The maximum absolute atomic E-state index is 13.1. The van der Waals surface area contributed by atoms with E-state index in [0.29, 0.717) is 12.4 Å². The number of likely N-dealkylation sites (N-methyl/N-ethyl adjacent to an activating group) is 1. The van der Waals surface area contributed by atoms with Crippen molar-refractivity contribution >= 4 is 11.7 Å². The first kappa shape index (κ1) is 16.8. The summed E-state index contributed by atoms with van der Waals surface area (Å²) < 4.78 is 14.7. The lowest BCUT2D eigenvalue weighted by Gasteiger charge is -2.16. The van der Waals surface area contributed by atoms with Gasteiger partial charge in [0.15, 0.2) is 5.82 Å². The van der Waals surface area contributed by atoms with Gasteiger partial charge in [0, 0.05) is 37.0 Å². The van der Waals surface area contributed by atoms with Gasteiger partial charge in [0.25, 0.3) is 0 Å². The lowest BCUT2D eigenvalue weighted by Crippen LogP contribution is -2.30. The highest BCUT2D eigenvalue weighted by atomic mass is 19.1. The fraction of sp³-hybridized carbons (Fsp3) is 0.235. The fourth-order valence-electron chi connectivity index (χ4n) is 2.55. The minimum Gasteiger partial charge on any atom is -0.308 e. The Labute approximate surface area is 144 Å². The third kappa shape index (κ3) is 4.30. The van der Waals surface area contributed by atoms with E-state index in [9.17, 15) is 9.18 Å². The van der Waals surface area contributed by atoms with E-state index >= 15 is 0 Å². The van der Waals surface area contributed by atoms with Gasteiger partial charge in [-0.05, 0) is 31.3 Å². The Morgan fingerprint density at radius 1 is 1.32 bits per heavy atom. The molecular weight excluding hydrogens is 323 g/mol. The Kier molecular flexibility index (Phi) is 4.90. The van der Waals surface area contributed by atoms with Gasteiger partial charge < -0.3 is 5.32 Å². The largest absolute Gasteiger partial charge is 0.308 e. The van der Waals surface area contributed by atoms with Gasteiger partial charge in [0.2, 0.25) is 5.91 Å². The summed E-state index contributed by atoms with van der Waals surface area (Å²) in [5.74, 6) is 0.0948. The maximum Gasteiger partial charge on any atom is 0.239 e. The van der Waals surface area contributed by atoms with Crippen LogP contribution in [0.25, 0.3) is 11.3 Å². The molecule has 25 heavy (non-hydrogen) atoms. The van der Waals surface area contributed by atoms with Gasteiger partial charge in [-0.1, -0.05) is 0 Å². The van der Waals surface area contributed by atoms with Crippen LogP contribution in [0.4, 0.5) is 10.2 Å². The third-order valence-corrected chi connectivity index (χ3v) is 3.69. The molecule has 0 radical (unpaired) electrons. The molecule has 8 heteroatoms. The Bertz CT molecular complexity index is 854. The zero-order valence-corrected chi connectivity index (χ0v) is 14.0. The number of carbonyl (C=O) groups excluding carboxylic acids is 1. The number of benzene rings is 1. The smallest absolute Gasteiger partial charge is 0.239 e. The SMILES string of the molecule is CN(CC(=O)Nc1ccn(C)n1)Cc1cn[nH]c1-c1ccc(F)cc1. The Morgan fingerprint density at radius 3 is 2.76 bits per heavy atom. The lowest BCUT2D eigenvalue weighted by molar-refractivity contribution is -0.117. The molecule has 0 aliphatic rings. The topological polar surface area (TPSA) is 78.8 Å². The van der Waals surface area contributed by atoms with Crippen LogP contribution in [0.3, 0.4) is 0 Å². The molecule has 130 valence electrons. The normalized spacial score (nSPS) is 11.0. The summed E-state index contributed by atoms with van der Waals surface area (Å²) in [6.45, 7) is 0.740. The molecule has 2 aromatic heterocycles. The number of hydrogen-bond acceptors (Lipinski definition) is 4. The monoisotopic (exact) mass is 342 g/mol. The number of nitrogens with zero attached hydrogens (tertiary/aromatic N) is 4. The molecule has 0 fully saturated rings. The third-order valence-electron chi connectivity index (χ3n) is 3.69. The summed E-state index contributed by atoms with van der Waals surface area (Å²) >= 11 is 0. The predicted octanol–water partition coefficient (Wildman–Crippen LogP) is 2.02. The number of amides is 1. The summed E-state index contributed by atoms with van der Waals surface area (Å²) in [6, 6.07) is 7.94. The lowest BCUT2D eigenvalue weighted by atomic mass is 10.1. The number of aromatic nitrogens is 4. The van der Waals surface area contributed by atoms with E-state index in [2.05, 4.69) is 20.6 Å². The highest BCUT2D eigenvalue weighted by Crippen LogP contribution is 2.22. The van der Waals surface area contributed by atoms with Crippen LogP contribution in [-0.4, -0.2) is 44.4 Å². The standard InChI is InChI=1S/C17H19FN6O/c1-23(11-16(25)20-15-7-8-24(2)22-15)10-13-9-19-21-17(13)12-3-5-14(18)6-4-12/h3-9H,10-11H2,1-2H3,(H,19,21)(H,20,22,25). The molecule has 0 atom stereocenters. The van der Waals surface area contributed by atoms with E-state index in [-0.39, 0.29) is 18.3 Å². The Morgan fingerprint density at radius 2 is 2.08 bits per heavy atom. The number of H-pyrrole nitrogens is 1. The highest BCUT2D eigenvalue weighted by Gasteiger charge is 2.13. The van der Waals surface area contributed by atoms with Gasteiger partial charge in [-0.2, -0.15) is 10.2 Å². The molecule has 1 aromatic carbocycles. The van der Waals surface area contributed by atoms with Crippen molar-refractivity contribution < 1.29 is 9.18 Å². The summed E-state index contributed by atoms with van der Waals surface area (Å²) in [6.07, 6.45) is 3.48. The van der Waals surface area contributed by atoms with Crippen LogP contribution in [0.5, 0.6) is 0 Å². The first-order valence-electron chi connectivity index (χ1n) is 7.77. The fourth-order valence-corrected chi connectivity index (χ4v) is 2.55. The predicted molar refractivity (Wildman–Crippen MR) is 92.2 cm³/mol. The first-order valence-corrected chi connectivity index (χ1v) is 7.77. The van der Waals surface area contributed by atoms with Crippen LogP contribution in [0.2, 0.25) is 0 Å². The molecule has 2 heterocycles. The second kappa shape index (κ2) is 7.27. The van der Waals surface area contributed by atoms with Crippen LogP contribution in [0, 0.1) is 5.82 Å². The van der Waals surface area contributed by atoms with Crippen LogP contribution in [0.1, 0.15) is 5.56 Å². The van der Waals surface area contributed by atoms with E-state index < -0.39 is 0 Å². The van der Waals surface area contributed by atoms with Crippen molar-refractivity contribution in [1.29, 1.82) is 0 Å². The van der Waals surface area contributed by atoms with Gasteiger partial charge in [-0.25, -0.2) is 4.39 Å². The molecule has 0 saturated carbocycles. The molecule has 1 amide bonds. The van der Waals surface area contributed by atoms with Crippen molar-refractivity contribution in [1.82, 2.24) is 24.9 Å². The molecule has 0 spiro atoms. The van der Waals surface area contributed by atoms with E-state index in [1.165, 1.54) is 12.1 Å². The van der Waals surface area contributed by atoms with Crippen LogP contribution < -0.4 is 5.32 Å². The summed E-state index contributed by atoms with van der Waals surface area (Å²) in [5, 5.41) is 13.9. The quantitative estimate of drug-likeness (QED) is 0.718. The van der Waals surface area contributed by atoms with Gasteiger partial charge in [0.05, 0.1) is 18.4 Å². The molecule has 0 unspecified atom stereocenters. The number of aromatic amines is 1. The average Bonchev–Trinajstić information content (AvgIpc) is 3.17. The van der Waals surface area contributed by atoms with E-state index in [1.807, 2.05) is 11.9 Å². The van der Waals surface area contributed by atoms with E-state index in [4.69, 9.17) is 0 Å². The highest BCUT2D eigenvalue weighted by molar-refractivity contribution is 5.91. The van der Waals surface area contributed by atoms with Crippen molar-refractivity contribution in [3.8, 4) is 11.3 Å². The maximum atomic E-state index is 13.1. The van der Waals surface area contributed by atoms with Crippen LogP contribution in [0.15, 0.2) is 42.7 Å². The molecule has 0 aliphatic carbocycles. The zero-order chi connectivity index (χ0) is 17.8. The van der Waals surface area contributed by atoms with Crippen molar-refractivity contribution in [3.63, 3.8) is 0 Å². The summed E-state index contributed by atoms with van der Waals surface area (Å²) in [7, 11) is 3.64. The molecule has 3 rings (SSSR count). The number of aryl methyl sites for hydroxylation is 1. The number of carbonyl (C=O) groups is 1. The van der Waals surface area contributed by atoms with E-state index in [0.717, 1.165) is 16.8 Å². The number of rotatable bonds is 6. The average molecular weight is 342 g/mol. The molecule has 0 aliphatic heterocycles. The van der Waals surface area contributed by atoms with Gasteiger partial charge in [-0.3, -0.25) is 19.5 Å². The van der Waals surface area contributed by atoms with Crippen molar-refractivity contribution in [2.75, 3.05) is 18.9 Å². The molecular formula is C17H19FN6O. The molecule has 2 N–H and O–H groups in total. The van der Waals surface area contributed by atoms with Gasteiger partial charge in [0.1, 0.15) is 5.82 Å². The summed E-state index contributed by atoms with van der Waals surface area (Å²) in [5.41, 5.74) is 2.59. The van der Waals surface area contributed by atoms with E-state index in [1.54, 1.807) is 42.3 Å². The van der Waals surface area contributed by atoms with Crippen molar-refractivity contribution in [2.24, 2.45) is 7.05 Å². The minimum atomic E-state index is -0.284. The van der Waals surface area contributed by atoms with Gasteiger partial charge >= 0.3 is 0 Å². The molecule has 0 saturated heterocycles. The molecule has 3 aromatic rings. The number of halogens is 1. The second-order valence-electron chi connectivity index (χ2n) is 5.87. The number of nitrogens with one attached hydrogen (secondary N) is 2. The molecule has 7 nitrogen and oxygen atoms in total. The van der Waals surface area contributed by atoms with Crippen LogP contribution in [-0.2, 0) is 18.4 Å². The minimum absolute atomic E-state index is 0.145. The Hall–Kier alpha value is -3.00. The van der Waals surface area contributed by atoms with Crippen LogP contribution >= 0.6 is 0 Å². The Balaban J connectivity index is 1.61. The number of hydrogen-bond donors (Lipinski definition) is 2. The summed E-state index contributed by atoms with van der Waals surface area (Å²) in [4.78, 5) is 14.0. The second-order valence-corrected chi connectivity index (χ2v) is 5.87. The van der Waals surface area contributed by atoms with Crippen molar-refractivity contribution in [3.05, 3.63) is 54.1 Å². The molecule has 0 bridgehead atoms. The first-order chi connectivity index (χ1) is 12.0. The zero-order valence-electron chi connectivity index (χ0n) is 14.0.